The van der Waals surface area contributed by atoms with Gasteiger partial charge in [0, 0.05) is 12.2 Å². The molecule has 0 aliphatic heterocycles. The number of hydrogen-bond donors (Lipinski definition) is 2. The highest BCUT2D eigenvalue weighted by Gasteiger charge is 2.26. The molecule has 0 saturated heterocycles. The molecule has 0 bridgehead atoms. The van der Waals surface area contributed by atoms with Crippen LogP contribution in [0.2, 0.25) is 0 Å². The molecular formula is C11H15N3O2. The molecule has 16 heavy (non-hydrogen) atoms. The highest BCUT2D eigenvalue weighted by molar-refractivity contribution is 5.70. The standard InChI is InChI=1S/C11H15N3O2/c15-11(16)8-2-1-3-9(6-8)14-10-4-5-12-7-13-10/h4-5,7-9H,1-3,6H2,(H,15,16)(H,12,13,14). The summed E-state index contributed by atoms with van der Waals surface area (Å²) in [5.74, 6) is -0.131. The van der Waals surface area contributed by atoms with Gasteiger partial charge in [0.25, 0.3) is 0 Å². The topological polar surface area (TPSA) is 75.1 Å². The second kappa shape index (κ2) is 4.92. The molecular weight excluding hydrogens is 206 g/mol. The molecule has 1 saturated carbocycles. The van der Waals surface area contributed by atoms with E-state index in [-0.39, 0.29) is 12.0 Å². The number of nitrogens with one attached hydrogen (secondary N) is 1. The second-order valence-corrected chi connectivity index (χ2v) is 4.14. The second-order valence-electron chi connectivity index (χ2n) is 4.14. The van der Waals surface area contributed by atoms with Crippen LogP contribution in [-0.2, 0) is 4.79 Å². The van der Waals surface area contributed by atoms with Crippen LogP contribution in [0.3, 0.4) is 0 Å². The molecule has 2 atom stereocenters. The molecule has 2 N–H and O–H groups in total. The van der Waals surface area contributed by atoms with Gasteiger partial charge in [-0.25, -0.2) is 9.97 Å². The maximum Gasteiger partial charge on any atom is 0.306 e. The summed E-state index contributed by atoms with van der Waals surface area (Å²) in [7, 11) is 0. The van der Waals surface area contributed by atoms with Crippen LogP contribution >= 0.6 is 0 Å². The molecule has 5 heteroatoms. The average molecular weight is 221 g/mol. The zero-order valence-electron chi connectivity index (χ0n) is 8.97. The number of carbonyl (C=O) groups is 1. The predicted molar refractivity (Wildman–Crippen MR) is 59.0 cm³/mol. The van der Waals surface area contributed by atoms with Gasteiger partial charge in [0.2, 0.25) is 0 Å². The first kappa shape index (κ1) is 10.9. The van der Waals surface area contributed by atoms with Crippen molar-refractivity contribution in [1.29, 1.82) is 0 Å². The van der Waals surface area contributed by atoms with Crippen molar-refractivity contribution < 1.29 is 9.90 Å². The van der Waals surface area contributed by atoms with E-state index in [4.69, 9.17) is 5.11 Å². The third kappa shape index (κ3) is 2.68. The third-order valence-electron chi connectivity index (χ3n) is 2.96. The van der Waals surface area contributed by atoms with Crippen molar-refractivity contribution in [3.05, 3.63) is 18.6 Å². The first-order valence-electron chi connectivity index (χ1n) is 5.51. The molecule has 1 aliphatic rings. The Hall–Kier alpha value is -1.65. The Labute approximate surface area is 93.9 Å². The van der Waals surface area contributed by atoms with E-state index in [1.807, 2.05) is 0 Å². The van der Waals surface area contributed by atoms with Crippen molar-refractivity contribution in [2.45, 2.75) is 31.7 Å². The SMILES string of the molecule is O=C(O)C1CCCC(Nc2ccncn2)C1. The van der Waals surface area contributed by atoms with Crippen LogP contribution in [-0.4, -0.2) is 27.1 Å². The fraction of sp³-hybridized carbons (Fsp3) is 0.545. The first-order chi connectivity index (χ1) is 7.75. The van der Waals surface area contributed by atoms with Crippen molar-refractivity contribution in [1.82, 2.24) is 9.97 Å². The lowest BCUT2D eigenvalue weighted by molar-refractivity contribution is -0.142. The summed E-state index contributed by atoms with van der Waals surface area (Å²) in [6.45, 7) is 0. The van der Waals surface area contributed by atoms with E-state index in [0.717, 1.165) is 25.1 Å². The van der Waals surface area contributed by atoms with Gasteiger partial charge in [0.1, 0.15) is 12.1 Å². The number of aromatic nitrogens is 2. The first-order valence-corrected chi connectivity index (χ1v) is 5.51. The van der Waals surface area contributed by atoms with Crippen molar-refractivity contribution in [3.8, 4) is 0 Å². The Morgan fingerprint density at radius 1 is 1.50 bits per heavy atom. The molecule has 2 unspecified atom stereocenters. The van der Waals surface area contributed by atoms with Gasteiger partial charge in [-0.2, -0.15) is 0 Å². The van der Waals surface area contributed by atoms with Crippen molar-refractivity contribution in [2.75, 3.05) is 5.32 Å². The quantitative estimate of drug-likeness (QED) is 0.809. The van der Waals surface area contributed by atoms with E-state index in [0.29, 0.717) is 6.42 Å². The minimum Gasteiger partial charge on any atom is -0.481 e. The Kier molecular flexibility index (Phi) is 3.34. The van der Waals surface area contributed by atoms with E-state index in [1.165, 1.54) is 6.33 Å². The fourth-order valence-corrected chi connectivity index (χ4v) is 2.13. The minimum absolute atomic E-state index is 0.213. The van der Waals surface area contributed by atoms with E-state index in [1.54, 1.807) is 12.3 Å². The van der Waals surface area contributed by atoms with Crippen LogP contribution in [0, 0.1) is 5.92 Å². The summed E-state index contributed by atoms with van der Waals surface area (Å²) in [6.07, 6.45) is 6.59. The van der Waals surface area contributed by atoms with Gasteiger partial charge >= 0.3 is 5.97 Å². The number of rotatable bonds is 3. The Morgan fingerprint density at radius 2 is 2.38 bits per heavy atom. The maximum atomic E-state index is 10.9. The maximum absolute atomic E-state index is 10.9. The van der Waals surface area contributed by atoms with E-state index >= 15 is 0 Å². The van der Waals surface area contributed by atoms with E-state index < -0.39 is 5.97 Å². The molecule has 5 nitrogen and oxygen atoms in total. The highest BCUT2D eigenvalue weighted by Crippen LogP contribution is 2.26. The van der Waals surface area contributed by atoms with Crippen molar-refractivity contribution >= 4 is 11.8 Å². The molecule has 1 aromatic heterocycles. The van der Waals surface area contributed by atoms with Crippen LogP contribution in [0.25, 0.3) is 0 Å². The smallest absolute Gasteiger partial charge is 0.306 e. The average Bonchev–Trinajstić information content (AvgIpc) is 2.30. The zero-order chi connectivity index (χ0) is 11.4. The highest BCUT2D eigenvalue weighted by atomic mass is 16.4. The lowest BCUT2D eigenvalue weighted by Gasteiger charge is -2.27. The summed E-state index contributed by atoms with van der Waals surface area (Å²) in [5.41, 5.74) is 0. The summed E-state index contributed by atoms with van der Waals surface area (Å²) >= 11 is 0. The number of anilines is 1. The summed E-state index contributed by atoms with van der Waals surface area (Å²) < 4.78 is 0. The zero-order valence-corrected chi connectivity index (χ0v) is 8.97. The van der Waals surface area contributed by atoms with Gasteiger partial charge in [-0.3, -0.25) is 4.79 Å². The monoisotopic (exact) mass is 221 g/mol. The molecule has 2 rings (SSSR count). The Morgan fingerprint density at radius 3 is 3.06 bits per heavy atom. The van der Waals surface area contributed by atoms with E-state index in [9.17, 15) is 4.79 Å². The van der Waals surface area contributed by atoms with Crippen LogP contribution in [0.15, 0.2) is 18.6 Å². The minimum atomic E-state index is -0.686. The van der Waals surface area contributed by atoms with Crippen LogP contribution < -0.4 is 5.32 Å². The molecule has 0 radical (unpaired) electrons. The lowest BCUT2D eigenvalue weighted by atomic mass is 9.86. The van der Waals surface area contributed by atoms with Crippen LogP contribution in [0.5, 0.6) is 0 Å². The van der Waals surface area contributed by atoms with Gasteiger partial charge in [-0.15, -0.1) is 0 Å². The normalized spacial score (nSPS) is 25.0. The van der Waals surface area contributed by atoms with Gasteiger partial charge in [-0.05, 0) is 25.3 Å². The summed E-state index contributed by atoms with van der Waals surface area (Å²) in [4.78, 5) is 18.8. The largest absolute Gasteiger partial charge is 0.481 e. The molecule has 86 valence electrons. The van der Waals surface area contributed by atoms with Crippen LogP contribution in [0.4, 0.5) is 5.82 Å². The fourth-order valence-electron chi connectivity index (χ4n) is 2.13. The van der Waals surface area contributed by atoms with Crippen LogP contribution in [0.1, 0.15) is 25.7 Å². The molecule has 1 aliphatic carbocycles. The van der Waals surface area contributed by atoms with Crippen molar-refractivity contribution in [3.63, 3.8) is 0 Å². The molecule has 0 aromatic carbocycles. The Balaban J connectivity index is 1.93. The summed E-state index contributed by atoms with van der Waals surface area (Å²) in [6, 6.07) is 2.01. The summed E-state index contributed by atoms with van der Waals surface area (Å²) in [5, 5.41) is 12.2. The number of aliphatic carboxylic acids is 1. The van der Waals surface area contributed by atoms with E-state index in [2.05, 4.69) is 15.3 Å². The molecule has 1 fully saturated rings. The predicted octanol–water partition coefficient (Wildman–Crippen LogP) is 1.53. The Bertz CT molecular complexity index is 356. The van der Waals surface area contributed by atoms with Crippen molar-refractivity contribution in [2.24, 2.45) is 5.92 Å². The van der Waals surface area contributed by atoms with Gasteiger partial charge < -0.3 is 10.4 Å². The number of carboxylic acids is 1. The number of hydrogen-bond acceptors (Lipinski definition) is 4. The van der Waals surface area contributed by atoms with Gasteiger partial charge in [0.05, 0.1) is 5.92 Å². The molecule has 1 heterocycles. The van der Waals surface area contributed by atoms with Gasteiger partial charge in [-0.1, -0.05) is 6.42 Å². The molecule has 0 amide bonds. The number of nitrogens with zero attached hydrogens (tertiary/aromatic N) is 2. The van der Waals surface area contributed by atoms with Gasteiger partial charge in [0.15, 0.2) is 0 Å². The molecule has 0 spiro atoms. The third-order valence-corrected chi connectivity index (χ3v) is 2.96. The molecule has 1 aromatic rings. The lowest BCUT2D eigenvalue weighted by Crippen LogP contribution is -2.31. The number of carboxylic acid groups (broad SMARTS) is 1.